The highest BCUT2D eigenvalue weighted by molar-refractivity contribution is 4.98. The van der Waals surface area contributed by atoms with E-state index < -0.39 is 0 Å². The zero-order valence-electron chi connectivity index (χ0n) is 12.3. The Bertz CT molecular complexity index is 261. The molecule has 0 saturated heterocycles. The normalized spacial score (nSPS) is 12.1. The predicted molar refractivity (Wildman–Crippen MR) is 86.3 cm³/mol. The third kappa shape index (κ3) is 16.9. The van der Waals surface area contributed by atoms with Crippen LogP contribution in [0.1, 0.15) is 57.8 Å². The highest BCUT2D eigenvalue weighted by Gasteiger charge is 1.87. The van der Waals surface area contributed by atoms with Crippen LogP contribution >= 0.6 is 0 Å². The van der Waals surface area contributed by atoms with Crippen LogP contribution in [0.5, 0.6) is 0 Å². The third-order valence-corrected chi connectivity index (χ3v) is 2.88. The van der Waals surface area contributed by atoms with Crippen LogP contribution in [-0.4, -0.2) is 11.7 Å². The summed E-state index contributed by atoms with van der Waals surface area (Å²) in [4.78, 5) is 0. The van der Waals surface area contributed by atoms with Crippen LogP contribution in [-0.2, 0) is 0 Å². The second-order valence-electron chi connectivity index (χ2n) is 4.69. The summed E-state index contributed by atoms with van der Waals surface area (Å²) >= 11 is 0. The van der Waals surface area contributed by atoms with Crippen molar-refractivity contribution < 1.29 is 5.11 Å². The highest BCUT2D eigenvalue weighted by atomic mass is 16.2. The van der Waals surface area contributed by atoms with Gasteiger partial charge in [-0.05, 0) is 38.5 Å². The van der Waals surface area contributed by atoms with Crippen LogP contribution in [0, 0.1) is 0 Å². The van der Waals surface area contributed by atoms with E-state index in [4.69, 9.17) is 5.11 Å². The van der Waals surface area contributed by atoms with Crippen molar-refractivity contribution in [3.63, 3.8) is 0 Å². The quantitative estimate of drug-likeness (QED) is 0.351. The minimum Gasteiger partial charge on any atom is -0.396 e. The van der Waals surface area contributed by atoms with Gasteiger partial charge in [-0.2, -0.15) is 0 Å². The Kier molecular flexibility index (Phi) is 16.0. The Balaban J connectivity index is 3.24. The van der Waals surface area contributed by atoms with Crippen LogP contribution in [0.3, 0.4) is 0 Å². The van der Waals surface area contributed by atoms with Gasteiger partial charge in [-0.25, -0.2) is 0 Å². The SMILES string of the molecule is C=CC/C=C\C/C=C\C/C=C\CCCCCCCO. The molecule has 0 aliphatic carbocycles. The van der Waals surface area contributed by atoms with Gasteiger partial charge in [-0.3, -0.25) is 0 Å². The summed E-state index contributed by atoms with van der Waals surface area (Å²) < 4.78 is 0. The number of unbranched alkanes of at least 4 members (excludes halogenated alkanes) is 5. The molecule has 0 unspecified atom stereocenters. The largest absolute Gasteiger partial charge is 0.396 e. The monoisotopic (exact) mass is 262 g/mol. The molecule has 0 aliphatic rings. The van der Waals surface area contributed by atoms with E-state index >= 15 is 0 Å². The number of hydrogen-bond acceptors (Lipinski definition) is 1. The molecule has 108 valence electrons. The molecule has 0 bridgehead atoms. The van der Waals surface area contributed by atoms with Crippen LogP contribution in [0.2, 0.25) is 0 Å². The lowest BCUT2D eigenvalue weighted by Gasteiger charge is -1.97. The van der Waals surface area contributed by atoms with Crippen molar-refractivity contribution in [1.29, 1.82) is 0 Å². The maximum atomic E-state index is 8.64. The molecule has 0 radical (unpaired) electrons. The van der Waals surface area contributed by atoms with E-state index in [-0.39, 0.29) is 0 Å². The fraction of sp³-hybridized carbons (Fsp3) is 0.556. The number of allylic oxidation sites excluding steroid dienone is 7. The summed E-state index contributed by atoms with van der Waals surface area (Å²) in [6, 6.07) is 0. The van der Waals surface area contributed by atoms with Gasteiger partial charge in [0.05, 0.1) is 0 Å². The average Bonchev–Trinajstić information content (AvgIpc) is 2.43. The summed E-state index contributed by atoms with van der Waals surface area (Å²) in [5.74, 6) is 0. The first-order valence-electron chi connectivity index (χ1n) is 7.58. The van der Waals surface area contributed by atoms with Crippen LogP contribution in [0.4, 0.5) is 0 Å². The van der Waals surface area contributed by atoms with Crippen molar-refractivity contribution in [3.05, 3.63) is 49.1 Å². The number of hydrogen-bond donors (Lipinski definition) is 1. The molecule has 0 aromatic heterocycles. The van der Waals surface area contributed by atoms with E-state index in [9.17, 15) is 0 Å². The lowest BCUT2D eigenvalue weighted by molar-refractivity contribution is 0.282. The first kappa shape index (κ1) is 17.9. The van der Waals surface area contributed by atoms with Gasteiger partial charge in [0.1, 0.15) is 0 Å². The average molecular weight is 262 g/mol. The standard InChI is InChI=1S/C18H30O/c1-2-3-4-5-6-7-8-9-10-11-12-13-14-15-16-17-18-19/h2,4-5,7-8,10-11,19H,1,3,6,9,12-18H2/b5-4-,8-7-,11-10-. The number of aliphatic hydroxyl groups is 1. The van der Waals surface area contributed by atoms with Crippen molar-refractivity contribution in [3.8, 4) is 0 Å². The second kappa shape index (κ2) is 16.9. The van der Waals surface area contributed by atoms with E-state index in [1.54, 1.807) is 0 Å². The van der Waals surface area contributed by atoms with Crippen molar-refractivity contribution in [2.75, 3.05) is 6.61 Å². The predicted octanol–water partition coefficient (Wildman–Crippen LogP) is 5.34. The van der Waals surface area contributed by atoms with Crippen molar-refractivity contribution >= 4 is 0 Å². The number of rotatable bonds is 13. The molecule has 0 aromatic carbocycles. The van der Waals surface area contributed by atoms with Gasteiger partial charge in [0, 0.05) is 6.61 Å². The Morgan fingerprint density at radius 3 is 1.79 bits per heavy atom. The van der Waals surface area contributed by atoms with Crippen LogP contribution in [0.15, 0.2) is 49.1 Å². The molecule has 19 heavy (non-hydrogen) atoms. The molecule has 0 saturated carbocycles. The van der Waals surface area contributed by atoms with Gasteiger partial charge in [-0.15, -0.1) is 6.58 Å². The van der Waals surface area contributed by atoms with Gasteiger partial charge in [0.15, 0.2) is 0 Å². The molecule has 0 heterocycles. The van der Waals surface area contributed by atoms with Gasteiger partial charge in [-0.1, -0.05) is 61.8 Å². The van der Waals surface area contributed by atoms with Gasteiger partial charge in [0.25, 0.3) is 0 Å². The molecule has 0 fully saturated rings. The van der Waals surface area contributed by atoms with E-state index in [1.807, 2.05) is 6.08 Å². The molecule has 0 amide bonds. The molecule has 0 atom stereocenters. The Morgan fingerprint density at radius 1 is 0.632 bits per heavy atom. The van der Waals surface area contributed by atoms with Crippen LogP contribution in [0.25, 0.3) is 0 Å². The van der Waals surface area contributed by atoms with Crippen molar-refractivity contribution in [2.24, 2.45) is 0 Å². The summed E-state index contributed by atoms with van der Waals surface area (Å²) in [5, 5.41) is 8.64. The van der Waals surface area contributed by atoms with Crippen molar-refractivity contribution in [2.45, 2.75) is 57.8 Å². The lowest BCUT2D eigenvalue weighted by atomic mass is 10.1. The van der Waals surface area contributed by atoms with Gasteiger partial charge >= 0.3 is 0 Å². The Hall–Kier alpha value is -1.08. The molecule has 0 rings (SSSR count). The minimum absolute atomic E-state index is 0.342. The zero-order valence-corrected chi connectivity index (χ0v) is 12.3. The third-order valence-electron chi connectivity index (χ3n) is 2.88. The smallest absolute Gasteiger partial charge is 0.0431 e. The minimum atomic E-state index is 0.342. The summed E-state index contributed by atoms with van der Waals surface area (Å²) in [6.07, 6.45) is 25.3. The lowest BCUT2D eigenvalue weighted by Crippen LogP contribution is -1.83. The molecule has 1 nitrogen and oxygen atoms in total. The Labute approximate surface area is 119 Å². The number of aliphatic hydroxyl groups excluding tert-OH is 1. The molecular weight excluding hydrogens is 232 g/mol. The van der Waals surface area contributed by atoms with E-state index in [0.717, 1.165) is 25.7 Å². The fourth-order valence-electron chi connectivity index (χ4n) is 1.76. The maximum Gasteiger partial charge on any atom is 0.0431 e. The summed E-state index contributed by atoms with van der Waals surface area (Å²) in [6.45, 7) is 4.02. The maximum absolute atomic E-state index is 8.64. The molecule has 0 spiro atoms. The second-order valence-corrected chi connectivity index (χ2v) is 4.69. The topological polar surface area (TPSA) is 20.2 Å². The van der Waals surface area contributed by atoms with Crippen LogP contribution < -0.4 is 0 Å². The molecule has 0 aliphatic heterocycles. The van der Waals surface area contributed by atoms with E-state index in [2.05, 4.69) is 43.0 Å². The van der Waals surface area contributed by atoms with Crippen molar-refractivity contribution in [1.82, 2.24) is 0 Å². The summed E-state index contributed by atoms with van der Waals surface area (Å²) in [5.41, 5.74) is 0. The van der Waals surface area contributed by atoms with Gasteiger partial charge in [0.2, 0.25) is 0 Å². The molecule has 1 heteroatoms. The summed E-state index contributed by atoms with van der Waals surface area (Å²) in [7, 11) is 0. The van der Waals surface area contributed by atoms with E-state index in [0.29, 0.717) is 6.61 Å². The highest BCUT2D eigenvalue weighted by Crippen LogP contribution is 2.05. The van der Waals surface area contributed by atoms with E-state index in [1.165, 1.54) is 32.1 Å². The fourth-order valence-corrected chi connectivity index (χ4v) is 1.76. The first-order valence-corrected chi connectivity index (χ1v) is 7.58. The molecule has 0 aromatic rings. The zero-order chi connectivity index (χ0) is 14.0. The molecule has 1 N–H and O–H groups in total. The molecular formula is C18H30O. The Morgan fingerprint density at radius 2 is 1.16 bits per heavy atom. The van der Waals surface area contributed by atoms with Gasteiger partial charge < -0.3 is 5.11 Å². The first-order chi connectivity index (χ1) is 9.41.